The molecule has 1 aliphatic carbocycles. The predicted octanol–water partition coefficient (Wildman–Crippen LogP) is 2.28. The topological polar surface area (TPSA) is 80.0 Å². The van der Waals surface area contributed by atoms with E-state index >= 15 is 0 Å². The molecule has 1 saturated heterocycles. The highest BCUT2D eigenvalue weighted by Crippen LogP contribution is 2.40. The van der Waals surface area contributed by atoms with Crippen LogP contribution in [-0.4, -0.2) is 41.1 Å². The highest BCUT2D eigenvalue weighted by Gasteiger charge is 2.48. The van der Waals surface area contributed by atoms with Crippen LogP contribution in [0.2, 0.25) is 0 Å². The van der Waals surface area contributed by atoms with Crippen molar-refractivity contribution in [1.82, 2.24) is 4.90 Å². The molecule has 0 radical (unpaired) electrons. The van der Waals surface area contributed by atoms with Gasteiger partial charge in [0.15, 0.2) is 5.76 Å². The second-order valence-electron chi connectivity index (χ2n) is 6.11. The number of nitrogens with zero attached hydrogens (tertiary/aromatic N) is 1. The molecule has 3 atom stereocenters. The van der Waals surface area contributed by atoms with Crippen LogP contribution in [0, 0.1) is 5.92 Å². The Labute approximate surface area is 129 Å². The number of carbonyl (C=O) groups is 2. The minimum absolute atomic E-state index is 0.0262. The fraction of sp³-hybridized carbons (Fsp3) is 0.625. The van der Waals surface area contributed by atoms with E-state index in [-0.39, 0.29) is 17.7 Å². The summed E-state index contributed by atoms with van der Waals surface area (Å²) in [5.41, 5.74) is 0. The summed E-state index contributed by atoms with van der Waals surface area (Å²) in [5, 5.41) is 9.47. The summed E-state index contributed by atoms with van der Waals surface area (Å²) in [6.45, 7) is 0.293. The number of hydrogen-bond acceptors (Lipinski definition) is 4. The number of amides is 1. The quantitative estimate of drug-likeness (QED) is 0.923. The van der Waals surface area contributed by atoms with Crippen molar-refractivity contribution in [3.8, 4) is 0 Å². The Balaban J connectivity index is 1.85. The van der Waals surface area contributed by atoms with Gasteiger partial charge in [-0.25, -0.2) is 4.79 Å². The number of hydrogen-bond donors (Lipinski definition) is 1. The lowest BCUT2D eigenvalue weighted by molar-refractivity contribution is -0.141. The molecule has 0 unspecified atom stereocenters. The molecule has 0 bridgehead atoms. The van der Waals surface area contributed by atoms with Gasteiger partial charge in [-0.05, 0) is 37.3 Å². The molecule has 1 saturated carbocycles. The molecule has 0 spiro atoms. The monoisotopic (exact) mass is 307 g/mol. The van der Waals surface area contributed by atoms with Crippen LogP contribution in [0.15, 0.2) is 16.5 Å². The molecule has 120 valence electrons. The van der Waals surface area contributed by atoms with Crippen LogP contribution >= 0.6 is 0 Å². The number of methoxy groups -OCH3 is 1. The van der Waals surface area contributed by atoms with Crippen molar-refractivity contribution in [3.05, 3.63) is 23.7 Å². The molecule has 6 nitrogen and oxygen atoms in total. The Bertz CT molecular complexity index is 567. The third-order valence-electron chi connectivity index (χ3n) is 4.77. The zero-order valence-electron chi connectivity index (χ0n) is 12.7. The number of fused-ring (bicyclic) bond motifs is 1. The minimum Gasteiger partial charge on any atom is -0.480 e. The van der Waals surface area contributed by atoms with E-state index in [1.54, 1.807) is 24.1 Å². The van der Waals surface area contributed by atoms with Gasteiger partial charge in [-0.3, -0.25) is 4.79 Å². The van der Waals surface area contributed by atoms with Crippen molar-refractivity contribution in [2.75, 3.05) is 7.11 Å². The first kappa shape index (κ1) is 15.1. The first-order valence-corrected chi connectivity index (χ1v) is 7.75. The van der Waals surface area contributed by atoms with Crippen molar-refractivity contribution in [3.63, 3.8) is 0 Å². The van der Waals surface area contributed by atoms with Crippen molar-refractivity contribution in [1.29, 1.82) is 0 Å². The minimum atomic E-state index is -0.925. The number of carboxylic acid groups (broad SMARTS) is 1. The van der Waals surface area contributed by atoms with Gasteiger partial charge in [-0.2, -0.15) is 0 Å². The molecular formula is C16H21NO5. The molecule has 0 aromatic carbocycles. The third kappa shape index (κ3) is 2.63. The molecule has 2 aliphatic rings. The summed E-state index contributed by atoms with van der Waals surface area (Å²) in [5.74, 6) is -0.176. The van der Waals surface area contributed by atoms with Gasteiger partial charge in [-0.1, -0.05) is 12.8 Å². The molecule has 1 aliphatic heterocycles. The van der Waals surface area contributed by atoms with Crippen LogP contribution < -0.4 is 0 Å². The Kier molecular flexibility index (Phi) is 4.20. The van der Waals surface area contributed by atoms with Crippen LogP contribution in [0.4, 0.5) is 0 Å². The van der Waals surface area contributed by atoms with Crippen molar-refractivity contribution >= 4 is 11.9 Å². The van der Waals surface area contributed by atoms with E-state index in [0.29, 0.717) is 24.7 Å². The standard InChI is InChI=1S/C16H21NO5/c1-21-9-11-6-7-14(22-11)15(18)17-12-5-3-2-4-10(12)8-13(17)16(19)20/h6-7,10,12-13H,2-5,8-9H2,1H3,(H,19,20)/t10-,12-,13+/m1/s1. The molecule has 1 amide bonds. The maximum atomic E-state index is 12.8. The van der Waals surface area contributed by atoms with Gasteiger partial charge in [0.1, 0.15) is 18.4 Å². The predicted molar refractivity (Wildman–Crippen MR) is 77.4 cm³/mol. The average Bonchev–Trinajstić information content (AvgIpc) is 3.11. The number of carbonyl (C=O) groups excluding carboxylic acids is 1. The van der Waals surface area contributed by atoms with Gasteiger partial charge in [-0.15, -0.1) is 0 Å². The summed E-state index contributed by atoms with van der Waals surface area (Å²) in [6, 6.07) is 2.59. The SMILES string of the molecule is COCc1ccc(C(=O)N2[C@@H]3CCCC[C@@H]3C[C@H]2C(=O)O)o1. The third-order valence-corrected chi connectivity index (χ3v) is 4.77. The van der Waals surface area contributed by atoms with Crippen LogP contribution in [0.1, 0.15) is 48.4 Å². The molecule has 6 heteroatoms. The average molecular weight is 307 g/mol. The lowest BCUT2D eigenvalue weighted by atomic mass is 9.84. The second-order valence-corrected chi connectivity index (χ2v) is 6.11. The number of carboxylic acids is 1. The fourth-order valence-corrected chi connectivity index (χ4v) is 3.81. The summed E-state index contributed by atoms with van der Waals surface area (Å²) < 4.78 is 10.5. The maximum absolute atomic E-state index is 12.8. The largest absolute Gasteiger partial charge is 0.480 e. The van der Waals surface area contributed by atoms with Gasteiger partial charge >= 0.3 is 5.97 Å². The second kappa shape index (κ2) is 6.12. The summed E-state index contributed by atoms with van der Waals surface area (Å²) >= 11 is 0. The lowest BCUT2D eigenvalue weighted by Gasteiger charge is -2.32. The van der Waals surface area contributed by atoms with E-state index in [4.69, 9.17) is 9.15 Å². The van der Waals surface area contributed by atoms with Gasteiger partial charge in [0.05, 0.1) is 0 Å². The van der Waals surface area contributed by atoms with Crippen molar-refractivity contribution in [2.45, 2.75) is 50.8 Å². The van der Waals surface area contributed by atoms with Crippen LogP contribution in [0.5, 0.6) is 0 Å². The zero-order chi connectivity index (χ0) is 15.7. The highest BCUT2D eigenvalue weighted by atomic mass is 16.5. The molecule has 1 N–H and O–H groups in total. The zero-order valence-corrected chi connectivity index (χ0v) is 12.7. The molecule has 2 heterocycles. The molecule has 22 heavy (non-hydrogen) atoms. The van der Waals surface area contributed by atoms with E-state index in [0.717, 1.165) is 25.7 Å². The first-order chi connectivity index (χ1) is 10.6. The highest BCUT2D eigenvalue weighted by molar-refractivity contribution is 5.95. The van der Waals surface area contributed by atoms with Crippen molar-refractivity contribution < 1.29 is 23.8 Å². The lowest BCUT2D eigenvalue weighted by Crippen LogP contribution is -2.46. The smallest absolute Gasteiger partial charge is 0.326 e. The Morgan fingerprint density at radius 3 is 2.86 bits per heavy atom. The van der Waals surface area contributed by atoms with Gasteiger partial charge in [0.2, 0.25) is 0 Å². The molecule has 2 fully saturated rings. The van der Waals surface area contributed by atoms with E-state index in [2.05, 4.69) is 0 Å². The molecule has 3 rings (SSSR count). The fourth-order valence-electron chi connectivity index (χ4n) is 3.81. The van der Waals surface area contributed by atoms with Gasteiger partial charge < -0.3 is 19.2 Å². The van der Waals surface area contributed by atoms with Crippen LogP contribution in [0.25, 0.3) is 0 Å². The van der Waals surface area contributed by atoms with Gasteiger partial charge in [0, 0.05) is 13.2 Å². The summed E-state index contributed by atoms with van der Waals surface area (Å²) in [7, 11) is 1.55. The Morgan fingerprint density at radius 1 is 1.36 bits per heavy atom. The number of rotatable bonds is 4. The van der Waals surface area contributed by atoms with E-state index in [1.165, 1.54) is 0 Å². The maximum Gasteiger partial charge on any atom is 0.326 e. The summed E-state index contributed by atoms with van der Waals surface area (Å²) in [6.07, 6.45) is 4.60. The van der Waals surface area contributed by atoms with E-state index in [9.17, 15) is 14.7 Å². The van der Waals surface area contributed by atoms with Crippen LogP contribution in [-0.2, 0) is 16.1 Å². The van der Waals surface area contributed by atoms with E-state index < -0.39 is 12.0 Å². The summed E-state index contributed by atoms with van der Waals surface area (Å²) in [4.78, 5) is 25.9. The Morgan fingerprint density at radius 2 is 2.14 bits per heavy atom. The first-order valence-electron chi connectivity index (χ1n) is 7.75. The van der Waals surface area contributed by atoms with Gasteiger partial charge in [0.25, 0.3) is 5.91 Å². The van der Waals surface area contributed by atoms with E-state index in [1.807, 2.05) is 0 Å². The number of likely N-dealkylation sites (tertiary alicyclic amines) is 1. The molecule has 1 aromatic rings. The number of furan rings is 1. The Hall–Kier alpha value is -1.82. The van der Waals surface area contributed by atoms with Crippen molar-refractivity contribution in [2.24, 2.45) is 5.92 Å². The van der Waals surface area contributed by atoms with Crippen LogP contribution in [0.3, 0.4) is 0 Å². The molecular weight excluding hydrogens is 286 g/mol. The normalized spacial score (nSPS) is 27.7. The number of aliphatic carboxylic acids is 1. The number of ether oxygens (including phenoxy) is 1. The molecule has 1 aromatic heterocycles.